The summed E-state index contributed by atoms with van der Waals surface area (Å²) in [6.45, 7) is 5.96. The SMILES string of the molecule is Cc1coc([C@@H](Cl)C(C)C)n1. The molecule has 0 saturated heterocycles. The number of hydrogen-bond acceptors (Lipinski definition) is 2. The number of halogens is 1. The molecule has 0 aliphatic carbocycles. The molecule has 1 heterocycles. The molecule has 0 fully saturated rings. The maximum Gasteiger partial charge on any atom is 0.212 e. The largest absolute Gasteiger partial charge is 0.447 e. The number of rotatable bonds is 2. The summed E-state index contributed by atoms with van der Waals surface area (Å²) in [7, 11) is 0. The Hall–Kier alpha value is -0.500. The zero-order valence-electron chi connectivity index (χ0n) is 6.97. The van der Waals surface area contributed by atoms with Gasteiger partial charge in [0.05, 0.1) is 5.69 Å². The van der Waals surface area contributed by atoms with Crippen LogP contribution in [-0.4, -0.2) is 4.98 Å². The van der Waals surface area contributed by atoms with Crippen molar-refractivity contribution in [1.29, 1.82) is 0 Å². The summed E-state index contributed by atoms with van der Waals surface area (Å²) in [5, 5.41) is -0.108. The van der Waals surface area contributed by atoms with Crippen LogP contribution >= 0.6 is 11.6 Å². The van der Waals surface area contributed by atoms with E-state index in [2.05, 4.69) is 4.98 Å². The van der Waals surface area contributed by atoms with Crippen molar-refractivity contribution < 1.29 is 4.42 Å². The van der Waals surface area contributed by atoms with Crippen LogP contribution in [0, 0.1) is 12.8 Å². The Labute approximate surface area is 71.6 Å². The number of hydrogen-bond donors (Lipinski definition) is 0. The third-order valence-electron chi connectivity index (χ3n) is 1.46. The third-order valence-corrected chi connectivity index (χ3v) is 2.15. The molecule has 0 N–H and O–H groups in total. The average Bonchev–Trinajstić information content (AvgIpc) is 2.34. The van der Waals surface area contributed by atoms with Crippen LogP contribution in [0.15, 0.2) is 10.7 Å². The van der Waals surface area contributed by atoms with Crippen molar-refractivity contribution in [3.05, 3.63) is 17.8 Å². The molecule has 0 aromatic carbocycles. The summed E-state index contributed by atoms with van der Waals surface area (Å²) < 4.78 is 5.14. The Bertz CT molecular complexity index is 232. The lowest BCUT2D eigenvalue weighted by molar-refractivity contribution is 0.446. The first-order chi connectivity index (χ1) is 5.11. The minimum atomic E-state index is -0.108. The van der Waals surface area contributed by atoms with Gasteiger partial charge in [-0.3, -0.25) is 0 Å². The summed E-state index contributed by atoms with van der Waals surface area (Å²) in [6.07, 6.45) is 1.62. The molecule has 0 bridgehead atoms. The van der Waals surface area contributed by atoms with Gasteiger partial charge in [-0.1, -0.05) is 13.8 Å². The van der Waals surface area contributed by atoms with Gasteiger partial charge in [-0.05, 0) is 12.8 Å². The van der Waals surface area contributed by atoms with Crippen molar-refractivity contribution >= 4 is 11.6 Å². The Morgan fingerprint density at radius 3 is 2.55 bits per heavy atom. The minimum Gasteiger partial charge on any atom is -0.447 e. The van der Waals surface area contributed by atoms with Gasteiger partial charge in [0.15, 0.2) is 0 Å². The second-order valence-corrected chi connectivity index (χ2v) is 3.44. The van der Waals surface area contributed by atoms with E-state index in [-0.39, 0.29) is 5.38 Å². The maximum atomic E-state index is 6.00. The standard InChI is InChI=1S/C8H12ClNO/c1-5(2)7(9)8-10-6(3)4-11-8/h4-5,7H,1-3H3/t7-/m0/s1. The van der Waals surface area contributed by atoms with E-state index in [9.17, 15) is 0 Å². The van der Waals surface area contributed by atoms with Crippen molar-refractivity contribution in [2.45, 2.75) is 26.1 Å². The van der Waals surface area contributed by atoms with Gasteiger partial charge in [0.2, 0.25) is 5.89 Å². The second-order valence-electron chi connectivity index (χ2n) is 2.97. The third kappa shape index (κ3) is 1.96. The zero-order chi connectivity index (χ0) is 8.43. The molecule has 0 amide bonds. The van der Waals surface area contributed by atoms with Gasteiger partial charge >= 0.3 is 0 Å². The molecule has 0 unspecified atom stereocenters. The molecule has 2 nitrogen and oxygen atoms in total. The van der Waals surface area contributed by atoms with E-state index >= 15 is 0 Å². The lowest BCUT2D eigenvalue weighted by Gasteiger charge is -2.07. The monoisotopic (exact) mass is 173 g/mol. The summed E-state index contributed by atoms with van der Waals surface area (Å²) in [5.74, 6) is 0.980. The first kappa shape index (κ1) is 8.60. The number of aryl methyl sites for hydroxylation is 1. The molecule has 1 aromatic rings. The highest BCUT2D eigenvalue weighted by Gasteiger charge is 2.16. The van der Waals surface area contributed by atoms with Crippen molar-refractivity contribution in [2.24, 2.45) is 5.92 Å². The summed E-state index contributed by atoms with van der Waals surface area (Å²) in [5.41, 5.74) is 0.881. The lowest BCUT2D eigenvalue weighted by atomic mass is 10.1. The normalized spacial score (nSPS) is 13.9. The number of aromatic nitrogens is 1. The molecule has 11 heavy (non-hydrogen) atoms. The van der Waals surface area contributed by atoms with Crippen molar-refractivity contribution in [1.82, 2.24) is 4.98 Å². The van der Waals surface area contributed by atoms with Gasteiger partial charge in [-0.2, -0.15) is 0 Å². The van der Waals surface area contributed by atoms with Crippen LogP contribution in [-0.2, 0) is 0 Å². The van der Waals surface area contributed by atoms with Gasteiger partial charge in [0.1, 0.15) is 11.6 Å². The van der Waals surface area contributed by atoms with Crippen LogP contribution in [0.1, 0.15) is 30.8 Å². The smallest absolute Gasteiger partial charge is 0.212 e. The molecular formula is C8H12ClNO. The molecule has 0 spiro atoms. The Kier molecular flexibility index (Phi) is 2.55. The van der Waals surface area contributed by atoms with Gasteiger partial charge in [-0.15, -0.1) is 11.6 Å². The predicted molar refractivity (Wildman–Crippen MR) is 44.7 cm³/mol. The second kappa shape index (κ2) is 3.26. The van der Waals surface area contributed by atoms with Crippen molar-refractivity contribution in [3.8, 4) is 0 Å². The van der Waals surface area contributed by atoms with Gasteiger partial charge in [0, 0.05) is 0 Å². The number of alkyl halides is 1. The molecule has 0 aliphatic heterocycles. The average molecular weight is 174 g/mol. The number of nitrogens with zero attached hydrogens (tertiary/aromatic N) is 1. The number of oxazole rings is 1. The highest BCUT2D eigenvalue weighted by Crippen LogP contribution is 2.27. The van der Waals surface area contributed by atoms with Gasteiger partial charge in [-0.25, -0.2) is 4.98 Å². The first-order valence-electron chi connectivity index (χ1n) is 3.67. The van der Waals surface area contributed by atoms with Crippen LogP contribution < -0.4 is 0 Å². The molecule has 62 valence electrons. The Morgan fingerprint density at radius 2 is 2.18 bits per heavy atom. The van der Waals surface area contributed by atoms with E-state index < -0.39 is 0 Å². The lowest BCUT2D eigenvalue weighted by Crippen LogP contribution is -1.99. The molecule has 1 atom stereocenters. The van der Waals surface area contributed by atoms with Crippen LogP contribution in [0.2, 0.25) is 0 Å². The van der Waals surface area contributed by atoms with E-state index in [4.69, 9.17) is 16.0 Å². The van der Waals surface area contributed by atoms with E-state index in [1.54, 1.807) is 6.26 Å². The van der Waals surface area contributed by atoms with Crippen LogP contribution in [0.3, 0.4) is 0 Å². The predicted octanol–water partition coefficient (Wildman–Crippen LogP) is 2.92. The molecular weight excluding hydrogens is 162 g/mol. The minimum absolute atomic E-state index is 0.108. The van der Waals surface area contributed by atoms with Crippen LogP contribution in [0.4, 0.5) is 0 Å². The fourth-order valence-electron chi connectivity index (χ4n) is 0.784. The Balaban J connectivity index is 2.76. The Morgan fingerprint density at radius 1 is 1.55 bits per heavy atom. The molecule has 0 radical (unpaired) electrons. The molecule has 0 saturated carbocycles. The highest BCUT2D eigenvalue weighted by molar-refractivity contribution is 6.20. The molecule has 3 heteroatoms. The van der Waals surface area contributed by atoms with Crippen LogP contribution in [0.25, 0.3) is 0 Å². The fourth-order valence-corrected chi connectivity index (χ4v) is 0.884. The molecule has 1 rings (SSSR count). The maximum absolute atomic E-state index is 6.00. The van der Waals surface area contributed by atoms with Crippen LogP contribution in [0.5, 0.6) is 0 Å². The van der Waals surface area contributed by atoms with Gasteiger partial charge < -0.3 is 4.42 Å². The van der Waals surface area contributed by atoms with E-state index in [1.165, 1.54) is 0 Å². The highest BCUT2D eigenvalue weighted by atomic mass is 35.5. The topological polar surface area (TPSA) is 26.0 Å². The summed E-state index contributed by atoms with van der Waals surface area (Å²) in [4.78, 5) is 4.13. The first-order valence-corrected chi connectivity index (χ1v) is 4.11. The van der Waals surface area contributed by atoms with Gasteiger partial charge in [0.25, 0.3) is 0 Å². The summed E-state index contributed by atoms with van der Waals surface area (Å²) >= 11 is 6.00. The zero-order valence-corrected chi connectivity index (χ0v) is 7.72. The van der Waals surface area contributed by atoms with E-state index in [0.29, 0.717) is 11.8 Å². The molecule has 0 aliphatic rings. The van der Waals surface area contributed by atoms with E-state index in [0.717, 1.165) is 5.69 Å². The fraction of sp³-hybridized carbons (Fsp3) is 0.625. The van der Waals surface area contributed by atoms with Crippen molar-refractivity contribution in [2.75, 3.05) is 0 Å². The quantitative estimate of drug-likeness (QED) is 0.643. The summed E-state index contributed by atoms with van der Waals surface area (Å²) in [6, 6.07) is 0. The molecule has 1 aromatic heterocycles. The van der Waals surface area contributed by atoms with Crippen molar-refractivity contribution in [3.63, 3.8) is 0 Å². The van der Waals surface area contributed by atoms with E-state index in [1.807, 2.05) is 20.8 Å².